The predicted molar refractivity (Wildman–Crippen MR) is 83.6 cm³/mol. The molecule has 2 atom stereocenters. The molecule has 1 fully saturated rings. The highest BCUT2D eigenvalue weighted by molar-refractivity contribution is 7.11. The number of rotatable bonds is 2. The first kappa shape index (κ1) is 18.6. The quantitative estimate of drug-likeness (QED) is 0.908. The van der Waals surface area contributed by atoms with E-state index in [1.165, 1.54) is 11.3 Å². The van der Waals surface area contributed by atoms with Crippen LogP contribution in [-0.2, 0) is 0 Å². The molecule has 0 spiro atoms. The summed E-state index contributed by atoms with van der Waals surface area (Å²) in [5.74, 6) is 0.766. The summed E-state index contributed by atoms with van der Waals surface area (Å²) in [6.07, 6.45) is 2.08. The molecule has 110 valence electrons. The molecule has 7 heteroatoms. The predicted octanol–water partition coefficient (Wildman–Crippen LogP) is 2.49. The average molecular weight is 326 g/mol. The van der Waals surface area contributed by atoms with Crippen LogP contribution in [0.3, 0.4) is 0 Å². The van der Waals surface area contributed by atoms with Crippen LogP contribution in [0.2, 0.25) is 0 Å². The summed E-state index contributed by atoms with van der Waals surface area (Å²) < 4.78 is 0. The number of carbonyl (C=O) groups is 1. The van der Waals surface area contributed by atoms with E-state index in [-0.39, 0.29) is 36.8 Å². The fraction of sp³-hybridized carbons (Fsp3) is 0.667. The normalized spacial score (nSPS) is 22.4. The number of hydrogen-bond donors (Lipinski definition) is 1. The summed E-state index contributed by atoms with van der Waals surface area (Å²) >= 11 is 1.42. The summed E-state index contributed by atoms with van der Waals surface area (Å²) in [7, 11) is 0. The lowest BCUT2D eigenvalue weighted by atomic mass is 9.92. The van der Waals surface area contributed by atoms with Gasteiger partial charge >= 0.3 is 0 Å². The third-order valence-electron chi connectivity index (χ3n) is 3.45. The topological polar surface area (TPSA) is 59.2 Å². The fourth-order valence-corrected chi connectivity index (χ4v) is 3.14. The van der Waals surface area contributed by atoms with Crippen molar-refractivity contribution in [3.8, 4) is 0 Å². The summed E-state index contributed by atoms with van der Waals surface area (Å²) in [6.45, 7) is 5.48. The van der Waals surface area contributed by atoms with Crippen LogP contribution in [0.4, 0.5) is 0 Å². The monoisotopic (exact) mass is 325 g/mol. The maximum Gasteiger partial charge on any atom is 0.266 e. The zero-order valence-electron chi connectivity index (χ0n) is 11.2. The molecule has 1 amide bonds. The maximum atomic E-state index is 12.4. The first-order valence-corrected chi connectivity index (χ1v) is 6.92. The van der Waals surface area contributed by atoms with Crippen molar-refractivity contribution < 1.29 is 4.79 Å². The molecule has 1 aliphatic heterocycles. The third kappa shape index (κ3) is 4.05. The van der Waals surface area contributed by atoms with Gasteiger partial charge in [-0.25, -0.2) is 4.98 Å². The number of amides is 1. The fourth-order valence-electron chi connectivity index (χ4n) is 2.38. The van der Waals surface area contributed by atoms with Crippen molar-refractivity contribution in [2.75, 3.05) is 13.1 Å². The van der Waals surface area contributed by atoms with Gasteiger partial charge in [-0.1, -0.05) is 6.92 Å². The van der Waals surface area contributed by atoms with E-state index in [0.29, 0.717) is 12.5 Å². The summed E-state index contributed by atoms with van der Waals surface area (Å²) in [6, 6.07) is 0.188. The number of aryl methyl sites for hydroxylation is 1. The molecular weight excluding hydrogens is 305 g/mol. The van der Waals surface area contributed by atoms with Gasteiger partial charge in [0.15, 0.2) is 0 Å². The molecule has 0 saturated carbocycles. The number of halogens is 2. The second-order valence-electron chi connectivity index (χ2n) is 4.78. The molecule has 1 aromatic heterocycles. The Labute approximate surface area is 130 Å². The van der Waals surface area contributed by atoms with Gasteiger partial charge < -0.3 is 10.6 Å². The number of aromatic nitrogens is 1. The molecule has 2 N–H and O–H groups in total. The molecule has 0 bridgehead atoms. The SMILES string of the molecule is Cc1ncsc1C(=O)N1CCC(C)CC1CN.Cl.Cl. The van der Waals surface area contributed by atoms with Gasteiger partial charge in [-0.2, -0.15) is 0 Å². The summed E-state index contributed by atoms with van der Waals surface area (Å²) in [5, 5.41) is 0. The first-order chi connectivity index (χ1) is 8.13. The van der Waals surface area contributed by atoms with Crippen LogP contribution in [-0.4, -0.2) is 34.9 Å². The highest BCUT2D eigenvalue weighted by Gasteiger charge is 2.30. The molecule has 1 saturated heterocycles. The maximum absolute atomic E-state index is 12.4. The van der Waals surface area contributed by atoms with Crippen LogP contribution in [0.25, 0.3) is 0 Å². The number of carbonyl (C=O) groups excluding carboxylic acids is 1. The van der Waals surface area contributed by atoms with Gasteiger partial charge in [0.25, 0.3) is 5.91 Å². The van der Waals surface area contributed by atoms with E-state index >= 15 is 0 Å². The highest BCUT2D eigenvalue weighted by atomic mass is 35.5. The Morgan fingerprint density at radius 2 is 2.26 bits per heavy atom. The van der Waals surface area contributed by atoms with E-state index < -0.39 is 0 Å². The molecule has 0 radical (unpaired) electrons. The number of nitrogens with two attached hydrogens (primary N) is 1. The van der Waals surface area contributed by atoms with E-state index in [1.54, 1.807) is 5.51 Å². The Morgan fingerprint density at radius 3 is 2.79 bits per heavy atom. The van der Waals surface area contributed by atoms with Crippen molar-refractivity contribution in [1.29, 1.82) is 0 Å². The summed E-state index contributed by atoms with van der Waals surface area (Å²) in [5.41, 5.74) is 8.34. The standard InChI is InChI=1S/C12H19N3OS.2ClH/c1-8-3-4-15(10(5-8)6-13)12(16)11-9(2)14-7-17-11;;/h7-8,10H,3-6,13H2,1-2H3;2*1H. The van der Waals surface area contributed by atoms with E-state index in [1.807, 2.05) is 11.8 Å². The molecule has 19 heavy (non-hydrogen) atoms. The lowest BCUT2D eigenvalue weighted by Gasteiger charge is -2.37. The van der Waals surface area contributed by atoms with Crippen molar-refractivity contribution in [2.24, 2.45) is 11.7 Å². The Balaban J connectivity index is 0.00000162. The minimum Gasteiger partial charge on any atom is -0.334 e. The van der Waals surface area contributed by atoms with Crippen molar-refractivity contribution in [3.05, 3.63) is 16.1 Å². The second kappa shape index (κ2) is 8.04. The Bertz CT molecular complexity index is 413. The van der Waals surface area contributed by atoms with Gasteiger partial charge in [0.2, 0.25) is 0 Å². The van der Waals surface area contributed by atoms with E-state index in [4.69, 9.17) is 5.73 Å². The lowest BCUT2D eigenvalue weighted by Crippen LogP contribution is -2.49. The third-order valence-corrected chi connectivity index (χ3v) is 4.37. The van der Waals surface area contributed by atoms with Gasteiger partial charge in [-0.15, -0.1) is 36.2 Å². The van der Waals surface area contributed by atoms with Crippen LogP contribution >= 0.6 is 36.2 Å². The zero-order chi connectivity index (χ0) is 12.4. The van der Waals surface area contributed by atoms with Crippen molar-refractivity contribution in [2.45, 2.75) is 32.7 Å². The smallest absolute Gasteiger partial charge is 0.266 e. The first-order valence-electron chi connectivity index (χ1n) is 6.04. The number of piperidine rings is 1. The largest absolute Gasteiger partial charge is 0.334 e. The molecule has 1 aliphatic rings. The van der Waals surface area contributed by atoms with Gasteiger partial charge in [-0.05, 0) is 25.7 Å². The van der Waals surface area contributed by atoms with Crippen molar-refractivity contribution in [1.82, 2.24) is 9.88 Å². The minimum atomic E-state index is 0. The van der Waals surface area contributed by atoms with Gasteiger partial charge in [-0.3, -0.25) is 4.79 Å². The number of hydrogen-bond acceptors (Lipinski definition) is 4. The van der Waals surface area contributed by atoms with Crippen LogP contribution in [0, 0.1) is 12.8 Å². The van der Waals surface area contributed by atoms with Gasteiger partial charge in [0, 0.05) is 19.1 Å². The van der Waals surface area contributed by atoms with Crippen molar-refractivity contribution in [3.63, 3.8) is 0 Å². The average Bonchev–Trinajstić information content (AvgIpc) is 2.74. The minimum absolute atomic E-state index is 0. The van der Waals surface area contributed by atoms with Crippen LogP contribution < -0.4 is 5.73 Å². The van der Waals surface area contributed by atoms with Crippen molar-refractivity contribution >= 4 is 42.1 Å². The van der Waals surface area contributed by atoms with E-state index in [0.717, 1.165) is 30.0 Å². The van der Waals surface area contributed by atoms with Crippen LogP contribution in [0.15, 0.2) is 5.51 Å². The Hall–Kier alpha value is -0.360. The molecule has 4 nitrogen and oxygen atoms in total. The summed E-state index contributed by atoms with van der Waals surface area (Å²) in [4.78, 5) is 19.2. The highest BCUT2D eigenvalue weighted by Crippen LogP contribution is 2.25. The molecule has 1 aromatic rings. The molecule has 2 heterocycles. The molecule has 2 rings (SSSR count). The number of thiazole rings is 1. The number of nitrogens with zero attached hydrogens (tertiary/aromatic N) is 2. The molecular formula is C12H21Cl2N3OS. The molecule has 0 aromatic carbocycles. The second-order valence-corrected chi connectivity index (χ2v) is 5.64. The van der Waals surface area contributed by atoms with Gasteiger partial charge in [0.1, 0.15) is 4.88 Å². The Morgan fingerprint density at radius 1 is 1.58 bits per heavy atom. The number of likely N-dealkylation sites (tertiary alicyclic amines) is 1. The lowest BCUT2D eigenvalue weighted by molar-refractivity contribution is 0.0577. The molecule has 2 unspecified atom stereocenters. The van der Waals surface area contributed by atoms with E-state index in [9.17, 15) is 4.79 Å². The van der Waals surface area contributed by atoms with E-state index in [2.05, 4.69) is 11.9 Å². The van der Waals surface area contributed by atoms with Crippen LogP contribution in [0.5, 0.6) is 0 Å². The molecule has 0 aliphatic carbocycles. The zero-order valence-corrected chi connectivity index (χ0v) is 13.6. The Kier molecular flexibility index (Phi) is 7.89. The van der Waals surface area contributed by atoms with Crippen LogP contribution in [0.1, 0.15) is 35.1 Å². The van der Waals surface area contributed by atoms with Gasteiger partial charge in [0.05, 0.1) is 11.2 Å².